The number of benzene rings is 3. The molecule has 0 bridgehead atoms. The van der Waals surface area contributed by atoms with Gasteiger partial charge in [0.2, 0.25) is 0 Å². The standard InChI is InChI=1S/C33H31F3N6O2S/c1-20(2)28-15-6-21(3)16-29(28)42-23(5)18-45-32(42)39-31(43)38-22(4)17-24-7-9-25(10-8-24)30-37-19-41(40-30)26-11-13-27(14-12-26)44-33(34,35)36/h6-20H,1-5H3,(H,38,43)/b22-17+,39-32?. The first-order valence-corrected chi connectivity index (χ1v) is 14.9. The van der Waals surface area contributed by atoms with Crippen LogP contribution in [0.15, 0.2) is 89.1 Å². The number of ether oxygens (including phenoxy) is 1. The van der Waals surface area contributed by atoms with Crippen molar-refractivity contribution >= 4 is 23.4 Å². The van der Waals surface area contributed by atoms with E-state index in [9.17, 15) is 18.0 Å². The highest BCUT2D eigenvalue weighted by Gasteiger charge is 2.31. The van der Waals surface area contributed by atoms with Crippen molar-refractivity contribution in [1.82, 2.24) is 24.6 Å². The molecule has 3 aromatic carbocycles. The zero-order valence-corrected chi connectivity index (χ0v) is 26.1. The third kappa shape index (κ3) is 7.76. The molecule has 0 aliphatic heterocycles. The normalized spacial score (nSPS) is 12.6. The van der Waals surface area contributed by atoms with Gasteiger partial charge in [0.05, 0.1) is 11.4 Å². The van der Waals surface area contributed by atoms with Crippen LogP contribution in [-0.4, -0.2) is 31.7 Å². The summed E-state index contributed by atoms with van der Waals surface area (Å²) in [5.74, 6) is 0.432. The number of halogens is 3. The second-order valence-electron chi connectivity index (χ2n) is 10.8. The molecule has 5 rings (SSSR count). The van der Waals surface area contributed by atoms with Gasteiger partial charge in [0.25, 0.3) is 0 Å². The van der Waals surface area contributed by atoms with Gasteiger partial charge >= 0.3 is 12.4 Å². The number of alkyl halides is 3. The van der Waals surface area contributed by atoms with Crippen LogP contribution in [0.1, 0.15) is 49.1 Å². The summed E-state index contributed by atoms with van der Waals surface area (Å²) < 4.78 is 44.7. The Morgan fingerprint density at radius 3 is 2.42 bits per heavy atom. The molecule has 8 nitrogen and oxygen atoms in total. The molecular formula is C33H31F3N6O2S. The van der Waals surface area contributed by atoms with Gasteiger partial charge in [-0.2, -0.15) is 4.99 Å². The van der Waals surface area contributed by atoms with Crippen molar-refractivity contribution in [2.24, 2.45) is 4.99 Å². The lowest BCUT2D eigenvalue weighted by molar-refractivity contribution is -0.274. The van der Waals surface area contributed by atoms with Crippen LogP contribution in [0.5, 0.6) is 5.75 Å². The first-order valence-electron chi connectivity index (χ1n) is 14.1. The molecule has 2 aromatic heterocycles. The lowest BCUT2D eigenvalue weighted by atomic mass is 9.99. The molecule has 0 atom stereocenters. The van der Waals surface area contributed by atoms with Gasteiger partial charge in [-0.1, -0.05) is 50.2 Å². The number of thiazole rings is 1. The minimum absolute atomic E-state index is 0.305. The van der Waals surface area contributed by atoms with Crippen molar-refractivity contribution in [2.75, 3.05) is 0 Å². The molecule has 0 radical (unpaired) electrons. The number of aryl methyl sites for hydroxylation is 2. The van der Waals surface area contributed by atoms with Crippen molar-refractivity contribution in [1.29, 1.82) is 0 Å². The number of urea groups is 1. The quantitative estimate of drug-likeness (QED) is 0.197. The van der Waals surface area contributed by atoms with E-state index in [1.165, 1.54) is 52.2 Å². The lowest BCUT2D eigenvalue weighted by Crippen LogP contribution is -2.23. The number of rotatable bonds is 7. The maximum atomic E-state index is 12.9. The van der Waals surface area contributed by atoms with Crippen LogP contribution >= 0.6 is 11.3 Å². The molecule has 5 aromatic rings. The maximum Gasteiger partial charge on any atom is 0.573 e. The van der Waals surface area contributed by atoms with E-state index in [0.717, 1.165) is 28.1 Å². The average molecular weight is 633 g/mol. The molecule has 0 aliphatic carbocycles. The van der Waals surface area contributed by atoms with Crippen molar-refractivity contribution in [3.63, 3.8) is 0 Å². The Labute approximate surface area is 262 Å². The number of amides is 2. The van der Waals surface area contributed by atoms with Crippen LogP contribution in [0, 0.1) is 13.8 Å². The number of nitrogens with zero attached hydrogens (tertiary/aromatic N) is 5. The van der Waals surface area contributed by atoms with Crippen molar-refractivity contribution < 1.29 is 22.7 Å². The van der Waals surface area contributed by atoms with Gasteiger partial charge in [0, 0.05) is 22.3 Å². The lowest BCUT2D eigenvalue weighted by Gasteiger charge is -2.16. The number of aromatic nitrogens is 4. The highest BCUT2D eigenvalue weighted by molar-refractivity contribution is 7.07. The van der Waals surface area contributed by atoms with Gasteiger partial charge < -0.3 is 10.1 Å². The van der Waals surface area contributed by atoms with Crippen LogP contribution in [-0.2, 0) is 0 Å². The molecule has 0 aliphatic rings. The molecule has 45 heavy (non-hydrogen) atoms. The summed E-state index contributed by atoms with van der Waals surface area (Å²) in [7, 11) is 0. The zero-order valence-electron chi connectivity index (χ0n) is 25.3. The second kappa shape index (κ2) is 12.9. The Morgan fingerprint density at radius 2 is 1.76 bits per heavy atom. The molecule has 232 valence electrons. The topological polar surface area (TPSA) is 86.3 Å². The van der Waals surface area contributed by atoms with E-state index in [2.05, 4.69) is 57.2 Å². The first-order chi connectivity index (χ1) is 21.4. The number of carbonyl (C=O) groups is 1. The summed E-state index contributed by atoms with van der Waals surface area (Å²) in [6.45, 7) is 10.1. The number of nitrogens with one attached hydrogen (secondary N) is 1. The van der Waals surface area contributed by atoms with Crippen LogP contribution in [0.4, 0.5) is 18.0 Å². The van der Waals surface area contributed by atoms with Crippen LogP contribution in [0.3, 0.4) is 0 Å². The predicted molar refractivity (Wildman–Crippen MR) is 168 cm³/mol. The molecule has 1 N–H and O–H groups in total. The fourth-order valence-electron chi connectivity index (χ4n) is 4.72. The zero-order chi connectivity index (χ0) is 32.3. The fraction of sp³-hybridized carbons (Fsp3) is 0.212. The minimum atomic E-state index is -4.75. The maximum absolute atomic E-state index is 12.9. The molecule has 0 saturated carbocycles. The van der Waals surface area contributed by atoms with E-state index >= 15 is 0 Å². The van der Waals surface area contributed by atoms with E-state index in [0.29, 0.717) is 27.9 Å². The van der Waals surface area contributed by atoms with E-state index < -0.39 is 12.4 Å². The number of carbonyl (C=O) groups excluding carboxylic acids is 1. The SMILES string of the molecule is C/C(=C\c1ccc(-c2ncn(-c3ccc(OC(F)(F)F)cc3)n2)cc1)NC(=O)N=c1scc(C)n1-c1cc(C)ccc1C(C)C. The van der Waals surface area contributed by atoms with Gasteiger partial charge in [0.15, 0.2) is 10.6 Å². The molecule has 0 spiro atoms. The minimum Gasteiger partial charge on any atom is -0.406 e. The molecule has 2 heterocycles. The Hall–Kier alpha value is -4.97. The van der Waals surface area contributed by atoms with E-state index in [4.69, 9.17) is 0 Å². The third-order valence-electron chi connectivity index (χ3n) is 6.81. The highest BCUT2D eigenvalue weighted by atomic mass is 32.1. The smallest absolute Gasteiger partial charge is 0.406 e. The summed E-state index contributed by atoms with van der Waals surface area (Å²) in [5.41, 5.74) is 7.07. The monoisotopic (exact) mass is 632 g/mol. The fourth-order valence-corrected chi connectivity index (χ4v) is 5.58. The highest BCUT2D eigenvalue weighted by Crippen LogP contribution is 2.26. The molecule has 0 unspecified atom stereocenters. The van der Waals surface area contributed by atoms with Crippen molar-refractivity contribution in [3.8, 4) is 28.5 Å². The molecule has 2 amide bonds. The number of allylic oxidation sites excluding steroid dienone is 1. The van der Waals surface area contributed by atoms with E-state index in [1.54, 1.807) is 6.92 Å². The summed E-state index contributed by atoms with van der Waals surface area (Å²) in [6, 6.07) is 18.6. The van der Waals surface area contributed by atoms with E-state index in [-0.39, 0.29) is 5.75 Å². The summed E-state index contributed by atoms with van der Waals surface area (Å²) in [6.07, 6.45) is -1.44. The molecule has 0 saturated heterocycles. The van der Waals surface area contributed by atoms with Crippen molar-refractivity contribution in [2.45, 2.75) is 46.9 Å². The third-order valence-corrected chi connectivity index (χ3v) is 7.75. The summed E-state index contributed by atoms with van der Waals surface area (Å²) in [5, 5.41) is 9.27. The van der Waals surface area contributed by atoms with Crippen LogP contribution in [0.2, 0.25) is 0 Å². The van der Waals surface area contributed by atoms with Gasteiger partial charge in [-0.15, -0.1) is 29.6 Å². The van der Waals surface area contributed by atoms with Crippen LogP contribution < -0.4 is 14.9 Å². The van der Waals surface area contributed by atoms with Gasteiger partial charge in [-0.25, -0.2) is 14.5 Å². The number of hydrogen-bond donors (Lipinski definition) is 1. The van der Waals surface area contributed by atoms with E-state index in [1.807, 2.05) is 54.1 Å². The van der Waals surface area contributed by atoms with Gasteiger partial charge in [-0.3, -0.25) is 4.57 Å². The summed E-state index contributed by atoms with van der Waals surface area (Å²) >= 11 is 1.41. The molecule has 0 fully saturated rings. The number of hydrogen-bond acceptors (Lipinski definition) is 5. The largest absolute Gasteiger partial charge is 0.573 e. The van der Waals surface area contributed by atoms with Gasteiger partial charge in [0.1, 0.15) is 12.1 Å². The second-order valence-corrected chi connectivity index (χ2v) is 11.6. The predicted octanol–water partition coefficient (Wildman–Crippen LogP) is 8.10. The Bertz CT molecular complexity index is 1920. The Kier molecular flexibility index (Phi) is 9.05. The Morgan fingerprint density at radius 1 is 1.04 bits per heavy atom. The first kappa shape index (κ1) is 31.5. The molecule has 12 heteroatoms. The van der Waals surface area contributed by atoms with Crippen LogP contribution in [0.25, 0.3) is 28.8 Å². The van der Waals surface area contributed by atoms with Gasteiger partial charge in [-0.05, 0) is 79.8 Å². The average Bonchev–Trinajstić information content (AvgIpc) is 3.60. The summed E-state index contributed by atoms with van der Waals surface area (Å²) in [4.78, 5) is 22.2. The molecular weight excluding hydrogens is 601 g/mol. The van der Waals surface area contributed by atoms with Crippen molar-refractivity contribution in [3.05, 3.63) is 111 Å². The Balaban J connectivity index is 1.28.